The molecule has 2 aliphatic rings. The summed E-state index contributed by atoms with van der Waals surface area (Å²) < 4.78 is 5.53. The third kappa shape index (κ3) is 5.23. The van der Waals surface area contributed by atoms with Crippen LogP contribution in [0.2, 0.25) is 0 Å². The second-order valence-corrected chi connectivity index (χ2v) is 8.26. The molecule has 0 bridgehead atoms. The fraction of sp³-hybridized carbons (Fsp3) is 0.739. The van der Waals surface area contributed by atoms with Gasteiger partial charge in [0.05, 0.1) is 13.2 Å². The van der Waals surface area contributed by atoms with Crippen molar-refractivity contribution < 1.29 is 9.84 Å². The lowest BCUT2D eigenvalue weighted by Crippen LogP contribution is -2.47. The molecule has 1 aromatic rings. The summed E-state index contributed by atoms with van der Waals surface area (Å²) in [7, 11) is 1.73. The molecule has 2 atom stereocenters. The van der Waals surface area contributed by atoms with E-state index in [0.29, 0.717) is 6.04 Å². The van der Waals surface area contributed by atoms with E-state index in [-0.39, 0.29) is 12.0 Å². The molecule has 1 saturated heterocycles. The van der Waals surface area contributed by atoms with Crippen LogP contribution in [0.5, 0.6) is 5.75 Å². The number of hydrogen-bond donors (Lipinski definition) is 1. The number of ether oxygens (including phenoxy) is 1. The van der Waals surface area contributed by atoms with Crippen molar-refractivity contribution in [2.75, 3.05) is 20.2 Å². The van der Waals surface area contributed by atoms with E-state index in [1.165, 1.54) is 69.8 Å². The molecule has 1 heterocycles. The Morgan fingerprint density at radius 1 is 0.885 bits per heavy atom. The molecule has 3 nitrogen and oxygen atoms in total. The van der Waals surface area contributed by atoms with Crippen molar-refractivity contribution in [1.29, 1.82) is 0 Å². The van der Waals surface area contributed by atoms with Crippen LogP contribution in [-0.2, 0) is 0 Å². The Balaban J connectivity index is 1.61. The number of hydrogen-bond acceptors (Lipinski definition) is 3. The molecule has 1 saturated carbocycles. The number of benzene rings is 1. The third-order valence-corrected chi connectivity index (χ3v) is 6.49. The number of aliphatic hydroxyl groups is 1. The van der Waals surface area contributed by atoms with Gasteiger partial charge in [0, 0.05) is 18.5 Å². The molecule has 3 rings (SSSR count). The lowest BCUT2D eigenvalue weighted by Gasteiger charge is -2.41. The van der Waals surface area contributed by atoms with E-state index in [0.717, 1.165) is 25.3 Å². The van der Waals surface area contributed by atoms with E-state index in [1.807, 2.05) is 12.1 Å². The highest BCUT2D eigenvalue weighted by Gasteiger charge is 2.33. The SMILES string of the molecule is COc1ccccc1C1CCN(C2CCCCCCCCCC2)CC1O. The van der Waals surface area contributed by atoms with Crippen molar-refractivity contribution in [1.82, 2.24) is 4.90 Å². The van der Waals surface area contributed by atoms with Gasteiger partial charge in [-0.1, -0.05) is 69.6 Å². The Morgan fingerprint density at radius 3 is 2.12 bits per heavy atom. The topological polar surface area (TPSA) is 32.7 Å². The van der Waals surface area contributed by atoms with E-state index in [2.05, 4.69) is 17.0 Å². The van der Waals surface area contributed by atoms with Crippen LogP contribution in [-0.4, -0.2) is 42.4 Å². The van der Waals surface area contributed by atoms with Crippen LogP contribution in [0.4, 0.5) is 0 Å². The first-order valence-electron chi connectivity index (χ1n) is 10.8. The lowest BCUT2D eigenvalue weighted by atomic mass is 9.85. The van der Waals surface area contributed by atoms with Gasteiger partial charge in [0.2, 0.25) is 0 Å². The zero-order valence-corrected chi connectivity index (χ0v) is 16.5. The Morgan fingerprint density at radius 2 is 1.50 bits per heavy atom. The minimum Gasteiger partial charge on any atom is -0.496 e. The van der Waals surface area contributed by atoms with Gasteiger partial charge in [-0.25, -0.2) is 0 Å². The largest absolute Gasteiger partial charge is 0.496 e. The van der Waals surface area contributed by atoms with Gasteiger partial charge < -0.3 is 9.84 Å². The fourth-order valence-corrected chi connectivity index (χ4v) is 4.95. The zero-order chi connectivity index (χ0) is 18.2. The molecule has 0 amide bonds. The fourth-order valence-electron chi connectivity index (χ4n) is 4.95. The summed E-state index contributed by atoms with van der Waals surface area (Å²) in [6.45, 7) is 1.91. The summed E-state index contributed by atoms with van der Waals surface area (Å²) >= 11 is 0. The average Bonchev–Trinajstić information content (AvgIpc) is 2.73. The highest BCUT2D eigenvalue weighted by Crippen LogP contribution is 2.35. The maximum absolute atomic E-state index is 10.9. The number of piperidine rings is 1. The predicted octanol–water partition coefficient (Wildman–Crippen LogP) is 5.13. The van der Waals surface area contributed by atoms with Crippen molar-refractivity contribution >= 4 is 0 Å². The molecule has 1 N–H and O–H groups in total. The smallest absolute Gasteiger partial charge is 0.122 e. The number of para-hydroxylation sites is 1. The second-order valence-electron chi connectivity index (χ2n) is 8.26. The van der Waals surface area contributed by atoms with E-state index in [9.17, 15) is 5.11 Å². The van der Waals surface area contributed by atoms with Crippen LogP contribution < -0.4 is 4.74 Å². The van der Waals surface area contributed by atoms with Crippen LogP contribution in [0, 0.1) is 0 Å². The van der Waals surface area contributed by atoms with Crippen LogP contribution >= 0.6 is 0 Å². The monoisotopic (exact) mass is 359 g/mol. The maximum atomic E-state index is 10.9. The van der Waals surface area contributed by atoms with Crippen LogP contribution in [0.25, 0.3) is 0 Å². The number of β-amino-alcohol motifs (C(OH)–C–C–N with tert-alkyl or cyclic N) is 1. The van der Waals surface area contributed by atoms with E-state index in [4.69, 9.17) is 4.74 Å². The van der Waals surface area contributed by atoms with Gasteiger partial charge in [-0.3, -0.25) is 4.90 Å². The Labute approximate surface area is 159 Å². The molecule has 2 fully saturated rings. The Bertz CT molecular complexity index is 521. The molecule has 0 aromatic heterocycles. The summed E-state index contributed by atoms with van der Waals surface area (Å²) in [4.78, 5) is 2.59. The summed E-state index contributed by atoms with van der Waals surface area (Å²) in [5.41, 5.74) is 1.17. The van der Waals surface area contributed by atoms with E-state index in [1.54, 1.807) is 7.11 Å². The molecule has 0 spiro atoms. The van der Waals surface area contributed by atoms with Crippen LogP contribution in [0.1, 0.15) is 82.1 Å². The molecular weight excluding hydrogens is 322 g/mol. The van der Waals surface area contributed by atoms with Crippen molar-refractivity contribution in [3.05, 3.63) is 29.8 Å². The first-order chi connectivity index (χ1) is 12.8. The number of nitrogens with zero attached hydrogens (tertiary/aromatic N) is 1. The van der Waals surface area contributed by atoms with Crippen molar-refractivity contribution in [3.63, 3.8) is 0 Å². The molecule has 26 heavy (non-hydrogen) atoms. The molecule has 1 aliphatic carbocycles. The van der Waals surface area contributed by atoms with Gasteiger partial charge in [0.25, 0.3) is 0 Å². The van der Waals surface area contributed by atoms with Gasteiger partial charge in [-0.2, -0.15) is 0 Å². The van der Waals surface area contributed by atoms with Gasteiger partial charge in [0.15, 0.2) is 0 Å². The van der Waals surface area contributed by atoms with E-state index < -0.39 is 0 Å². The molecule has 3 heteroatoms. The number of aliphatic hydroxyl groups excluding tert-OH is 1. The molecular formula is C23H37NO2. The van der Waals surface area contributed by atoms with Crippen molar-refractivity contribution in [3.8, 4) is 5.75 Å². The molecule has 146 valence electrons. The average molecular weight is 360 g/mol. The highest BCUT2D eigenvalue weighted by atomic mass is 16.5. The molecule has 2 unspecified atom stereocenters. The van der Waals surface area contributed by atoms with Gasteiger partial charge >= 0.3 is 0 Å². The second kappa shape index (κ2) is 10.3. The lowest BCUT2D eigenvalue weighted by molar-refractivity contribution is 0.0238. The minimum atomic E-state index is -0.293. The summed E-state index contributed by atoms with van der Waals surface area (Å²) in [6, 6.07) is 8.86. The van der Waals surface area contributed by atoms with Crippen molar-refractivity contribution in [2.45, 2.75) is 88.7 Å². The zero-order valence-electron chi connectivity index (χ0n) is 16.5. The molecule has 0 radical (unpaired) electrons. The normalized spacial score (nSPS) is 27.6. The highest BCUT2D eigenvalue weighted by molar-refractivity contribution is 5.37. The van der Waals surface area contributed by atoms with Crippen molar-refractivity contribution in [2.24, 2.45) is 0 Å². The predicted molar refractivity (Wildman–Crippen MR) is 108 cm³/mol. The first kappa shape index (κ1) is 19.7. The Hall–Kier alpha value is -1.06. The van der Waals surface area contributed by atoms with Crippen LogP contribution in [0.15, 0.2) is 24.3 Å². The first-order valence-corrected chi connectivity index (χ1v) is 10.8. The van der Waals surface area contributed by atoms with Crippen LogP contribution in [0.3, 0.4) is 0 Å². The van der Waals surface area contributed by atoms with Gasteiger partial charge in [0.1, 0.15) is 5.75 Å². The van der Waals surface area contributed by atoms with E-state index >= 15 is 0 Å². The van der Waals surface area contributed by atoms with Gasteiger partial charge in [-0.15, -0.1) is 0 Å². The third-order valence-electron chi connectivity index (χ3n) is 6.49. The summed E-state index contributed by atoms with van der Waals surface area (Å²) in [5, 5.41) is 10.9. The quantitative estimate of drug-likeness (QED) is 0.812. The minimum absolute atomic E-state index is 0.199. The summed E-state index contributed by atoms with van der Waals surface area (Å²) in [6.07, 6.45) is 14.5. The standard InChI is InChI=1S/C23H37NO2/c1-26-23-15-11-10-14-21(23)20-16-17-24(18-22(20)25)19-12-8-6-4-2-3-5-7-9-13-19/h10-11,14-15,19-20,22,25H,2-9,12-13,16-18H2,1H3. The molecule has 1 aromatic carbocycles. The number of methoxy groups -OCH3 is 1. The summed E-state index contributed by atoms with van der Waals surface area (Å²) in [5.74, 6) is 1.12. The van der Waals surface area contributed by atoms with Gasteiger partial charge in [-0.05, 0) is 37.4 Å². The molecule has 1 aliphatic heterocycles. The number of likely N-dealkylation sites (tertiary alicyclic amines) is 1. The Kier molecular flexibility index (Phi) is 7.82. The maximum Gasteiger partial charge on any atom is 0.122 e. The number of rotatable bonds is 3.